The monoisotopic (exact) mass is 373 g/mol. The van der Waals surface area contributed by atoms with Crippen LogP contribution in [0.5, 0.6) is 5.75 Å². The molecule has 136 valence electrons. The number of carboxylic acids is 1. The van der Waals surface area contributed by atoms with Crippen LogP contribution in [0.3, 0.4) is 0 Å². The molecule has 7 heteroatoms. The minimum Gasteiger partial charge on any atom is -0.497 e. The fourth-order valence-corrected chi connectivity index (χ4v) is 4.64. The number of benzene rings is 2. The quantitative estimate of drug-likeness (QED) is 0.814. The van der Waals surface area contributed by atoms with Crippen LogP contribution in [-0.4, -0.2) is 43.5 Å². The molecule has 2 unspecified atom stereocenters. The molecular formula is C19H19NO5S. The predicted octanol–water partition coefficient (Wildman–Crippen LogP) is 2.49. The molecule has 3 rings (SSSR count). The molecular weight excluding hydrogens is 354 g/mol. The van der Waals surface area contributed by atoms with Gasteiger partial charge in [0.1, 0.15) is 11.8 Å². The third-order valence-electron chi connectivity index (χ3n) is 4.38. The van der Waals surface area contributed by atoms with Gasteiger partial charge in [-0.1, -0.05) is 42.5 Å². The molecule has 6 nitrogen and oxygen atoms in total. The van der Waals surface area contributed by atoms with Gasteiger partial charge in [-0.25, -0.2) is 8.42 Å². The molecule has 0 saturated carbocycles. The molecule has 0 aromatic heterocycles. The number of hydrogen-bond donors (Lipinski definition) is 1. The predicted molar refractivity (Wildman–Crippen MR) is 96.6 cm³/mol. The zero-order valence-electron chi connectivity index (χ0n) is 14.1. The molecule has 0 saturated heterocycles. The molecule has 0 amide bonds. The summed E-state index contributed by atoms with van der Waals surface area (Å²) < 4.78 is 32.2. The molecule has 2 aromatic rings. The van der Waals surface area contributed by atoms with Gasteiger partial charge >= 0.3 is 5.97 Å². The molecule has 0 spiro atoms. The van der Waals surface area contributed by atoms with Crippen molar-refractivity contribution >= 4 is 16.0 Å². The Morgan fingerprint density at radius 1 is 1.12 bits per heavy atom. The van der Waals surface area contributed by atoms with Crippen LogP contribution < -0.4 is 4.74 Å². The molecule has 26 heavy (non-hydrogen) atoms. The van der Waals surface area contributed by atoms with Crippen molar-refractivity contribution in [1.29, 1.82) is 0 Å². The van der Waals surface area contributed by atoms with Crippen molar-refractivity contribution in [3.05, 3.63) is 72.3 Å². The van der Waals surface area contributed by atoms with E-state index in [1.807, 2.05) is 6.07 Å². The molecule has 1 aliphatic rings. The lowest BCUT2D eigenvalue weighted by molar-refractivity contribution is -0.142. The summed E-state index contributed by atoms with van der Waals surface area (Å²) in [4.78, 5) is 12.0. The molecule has 1 heterocycles. The van der Waals surface area contributed by atoms with Crippen molar-refractivity contribution in [3.63, 3.8) is 0 Å². The Balaban J connectivity index is 2.02. The van der Waals surface area contributed by atoms with E-state index in [1.165, 1.54) is 31.4 Å². The molecule has 2 aromatic carbocycles. The lowest BCUT2D eigenvalue weighted by Gasteiger charge is -2.34. The fraction of sp³-hybridized carbons (Fsp3) is 0.211. The third-order valence-corrected chi connectivity index (χ3v) is 6.24. The number of carbonyl (C=O) groups is 1. The minimum absolute atomic E-state index is 0.00859. The maximum absolute atomic E-state index is 13.1. The molecule has 0 radical (unpaired) electrons. The summed E-state index contributed by atoms with van der Waals surface area (Å²) in [6.45, 7) is 0.00859. The second kappa shape index (κ2) is 7.31. The maximum Gasteiger partial charge on any atom is 0.323 e. The van der Waals surface area contributed by atoms with Gasteiger partial charge in [0.25, 0.3) is 0 Å². The van der Waals surface area contributed by atoms with E-state index in [2.05, 4.69) is 0 Å². The zero-order chi connectivity index (χ0) is 18.7. The number of sulfonamides is 1. The zero-order valence-corrected chi connectivity index (χ0v) is 15.0. The minimum atomic E-state index is -3.98. The van der Waals surface area contributed by atoms with E-state index < -0.39 is 28.0 Å². The number of hydrogen-bond acceptors (Lipinski definition) is 4. The Morgan fingerprint density at radius 2 is 1.77 bits per heavy atom. The second-order valence-corrected chi connectivity index (χ2v) is 7.79. The van der Waals surface area contributed by atoms with Crippen LogP contribution in [0.4, 0.5) is 0 Å². The van der Waals surface area contributed by atoms with E-state index in [0.29, 0.717) is 5.75 Å². The first-order valence-electron chi connectivity index (χ1n) is 8.05. The average molecular weight is 373 g/mol. The van der Waals surface area contributed by atoms with E-state index in [-0.39, 0.29) is 11.4 Å². The summed E-state index contributed by atoms with van der Waals surface area (Å²) in [7, 11) is -2.49. The van der Waals surface area contributed by atoms with Crippen LogP contribution in [0.1, 0.15) is 11.5 Å². The van der Waals surface area contributed by atoms with Gasteiger partial charge in [-0.15, -0.1) is 0 Å². The van der Waals surface area contributed by atoms with Crippen molar-refractivity contribution < 1.29 is 23.1 Å². The van der Waals surface area contributed by atoms with Gasteiger partial charge in [0.2, 0.25) is 10.0 Å². The first kappa shape index (κ1) is 18.2. The van der Waals surface area contributed by atoms with Crippen molar-refractivity contribution in [2.45, 2.75) is 16.9 Å². The average Bonchev–Trinajstić information content (AvgIpc) is 2.68. The molecule has 0 aliphatic carbocycles. The third kappa shape index (κ3) is 3.36. The van der Waals surface area contributed by atoms with E-state index >= 15 is 0 Å². The summed E-state index contributed by atoms with van der Waals surface area (Å²) >= 11 is 0. The number of carboxylic acid groups (broad SMARTS) is 1. The fourth-order valence-electron chi connectivity index (χ4n) is 3.09. The van der Waals surface area contributed by atoms with Gasteiger partial charge < -0.3 is 9.84 Å². The molecule has 1 aliphatic heterocycles. The summed E-state index contributed by atoms with van der Waals surface area (Å²) in [6.07, 6.45) is 3.45. The molecule has 0 bridgehead atoms. The van der Waals surface area contributed by atoms with Crippen LogP contribution in [0, 0.1) is 0 Å². The topological polar surface area (TPSA) is 83.9 Å². The standard InChI is InChI=1S/C19H19NO5S/c1-25-15-9-11-16(12-10-15)26(23,24)20-13-5-8-17(18(20)19(21)22)14-6-3-2-4-7-14/h2-12,17-18H,13H2,1H3,(H,21,22). The highest BCUT2D eigenvalue weighted by atomic mass is 32.2. The first-order valence-corrected chi connectivity index (χ1v) is 9.49. The van der Waals surface area contributed by atoms with Gasteiger partial charge in [-0.05, 0) is 29.8 Å². The normalized spacial score (nSPS) is 20.7. The number of rotatable bonds is 5. The largest absolute Gasteiger partial charge is 0.497 e. The van der Waals surface area contributed by atoms with Crippen LogP contribution in [-0.2, 0) is 14.8 Å². The van der Waals surface area contributed by atoms with E-state index in [9.17, 15) is 18.3 Å². The van der Waals surface area contributed by atoms with E-state index in [1.54, 1.807) is 36.4 Å². The van der Waals surface area contributed by atoms with Crippen molar-refractivity contribution in [3.8, 4) is 5.75 Å². The van der Waals surface area contributed by atoms with Crippen LogP contribution in [0.25, 0.3) is 0 Å². The summed E-state index contributed by atoms with van der Waals surface area (Å²) in [5.41, 5.74) is 0.755. The summed E-state index contributed by atoms with van der Waals surface area (Å²) in [6, 6.07) is 13.7. The maximum atomic E-state index is 13.1. The van der Waals surface area contributed by atoms with Crippen molar-refractivity contribution in [2.24, 2.45) is 0 Å². The lowest BCUT2D eigenvalue weighted by Crippen LogP contribution is -2.49. The summed E-state index contributed by atoms with van der Waals surface area (Å²) in [5, 5.41) is 9.77. The Labute approximate surface area is 152 Å². The lowest BCUT2D eigenvalue weighted by atomic mass is 9.89. The van der Waals surface area contributed by atoms with Crippen LogP contribution in [0.15, 0.2) is 71.6 Å². The van der Waals surface area contributed by atoms with Crippen LogP contribution >= 0.6 is 0 Å². The van der Waals surface area contributed by atoms with Gasteiger partial charge in [0.05, 0.1) is 12.0 Å². The molecule has 2 atom stereocenters. The number of aliphatic carboxylic acids is 1. The van der Waals surface area contributed by atoms with Gasteiger partial charge in [-0.2, -0.15) is 4.31 Å². The Hall–Kier alpha value is -2.64. The molecule has 0 fully saturated rings. The smallest absolute Gasteiger partial charge is 0.323 e. The highest BCUT2D eigenvalue weighted by molar-refractivity contribution is 7.89. The number of methoxy groups -OCH3 is 1. The number of ether oxygens (including phenoxy) is 1. The van der Waals surface area contributed by atoms with Crippen molar-refractivity contribution in [2.75, 3.05) is 13.7 Å². The highest BCUT2D eigenvalue weighted by Gasteiger charge is 2.42. The highest BCUT2D eigenvalue weighted by Crippen LogP contribution is 2.32. The van der Waals surface area contributed by atoms with Crippen LogP contribution in [0.2, 0.25) is 0 Å². The Morgan fingerprint density at radius 3 is 2.35 bits per heavy atom. The van der Waals surface area contributed by atoms with E-state index in [4.69, 9.17) is 4.74 Å². The van der Waals surface area contributed by atoms with Crippen molar-refractivity contribution in [1.82, 2.24) is 4.31 Å². The Kier molecular flexibility index (Phi) is 5.11. The van der Waals surface area contributed by atoms with Gasteiger partial charge in [-0.3, -0.25) is 4.79 Å². The Bertz CT molecular complexity index is 907. The van der Waals surface area contributed by atoms with Gasteiger partial charge in [0, 0.05) is 12.5 Å². The second-order valence-electron chi connectivity index (χ2n) is 5.90. The van der Waals surface area contributed by atoms with E-state index in [0.717, 1.165) is 9.87 Å². The summed E-state index contributed by atoms with van der Waals surface area (Å²) in [5.74, 6) is -1.21. The SMILES string of the molecule is COc1ccc(S(=O)(=O)N2CC=CC(c3ccccc3)C2C(=O)O)cc1. The first-order chi connectivity index (χ1) is 12.4. The number of nitrogens with zero attached hydrogens (tertiary/aromatic N) is 1. The molecule has 1 N–H and O–H groups in total. The van der Waals surface area contributed by atoms with Gasteiger partial charge in [0.15, 0.2) is 0 Å².